The van der Waals surface area contributed by atoms with Crippen molar-refractivity contribution in [2.75, 3.05) is 18.5 Å². The van der Waals surface area contributed by atoms with Gasteiger partial charge in [-0.05, 0) is 49.8 Å². The van der Waals surface area contributed by atoms with Crippen LogP contribution in [0, 0.1) is 6.92 Å². The Labute approximate surface area is 157 Å². The van der Waals surface area contributed by atoms with E-state index >= 15 is 0 Å². The van der Waals surface area contributed by atoms with E-state index < -0.39 is 12.1 Å². The number of rotatable bonds is 5. The largest absolute Gasteiger partial charge is 0.486 e. The monoisotopic (exact) mass is 367 g/mol. The van der Waals surface area contributed by atoms with Gasteiger partial charge in [0.1, 0.15) is 13.2 Å². The zero-order chi connectivity index (χ0) is 19.2. The van der Waals surface area contributed by atoms with Crippen LogP contribution in [0.3, 0.4) is 0 Å². The van der Waals surface area contributed by atoms with Crippen molar-refractivity contribution in [3.63, 3.8) is 0 Å². The van der Waals surface area contributed by atoms with Crippen molar-refractivity contribution in [1.29, 1.82) is 0 Å². The topological polar surface area (TPSA) is 73.9 Å². The lowest BCUT2D eigenvalue weighted by molar-refractivity contribution is -0.148. The molecule has 0 bridgehead atoms. The van der Waals surface area contributed by atoms with Gasteiger partial charge < -0.3 is 19.5 Å². The first-order valence-electron chi connectivity index (χ1n) is 8.67. The molecule has 1 unspecified atom stereocenters. The highest BCUT2D eigenvalue weighted by Gasteiger charge is 2.17. The molecule has 6 heteroatoms. The van der Waals surface area contributed by atoms with Gasteiger partial charge in [0.2, 0.25) is 0 Å². The third kappa shape index (κ3) is 5.10. The first-order chi connectivity index (χ1) is 13.0. The Bertz CT molecular complexity index is 857. The van der Waals surface area contributed by atoms with Gasteiger partial charge >= 0.3 is 5.97 Å². The summed E-state index contributed by atoms with van der Waals surface area (Å²) in [4.78, 5) is 24.1. The average Bonchev–Trinajstić information content (AvgIpc) is 2.68. The number of hydrogen-bond donors (Lipinski definition) is 1. The number of fused-ring (bicyclic) bond motifs is 1. The summed E-state index contributed by atoms with van der Waals surface area (Å²) in [5.74, 6) is 0.335. The maximum atomic E-state index is 12.1. The van der Waals surface area contributed by atoms with Crippen LogP contribution in [-0.4, -0.2) is 31.2 Å². The first kappa shape index (κ1) is 18.5. The summed E-state index contributed by atoms with van der Waals surface area (Å²) >= 11 is 0. The Morgan fingerprint density at radius 2 is 1.78 bits per heavy atom. The standard InChI is InChI=1S/C21H21NO5/c1-14-3-7-17(8-4-14)22-21(24)15(2)27-20(23)10-6-16-5-9-18-19(13-16)26-12-11-25-18/h3-10,13,15H,11-12H2,1-2H3,(H,22,24). The Kier molecular flexibility index (Phi) is 5.76. The van der Waals surface area contributed by atoms with Crippen LogP contribution < -0.4 is 14.8 Å². The van der Waals surface area contributed by atoms with Crippen molar-refractivity contribution in [2.24, 2.45) is 0 Å². The predicted octanol–water partition coefficient (Wildman–Crippen LogP) is 3.35. The number of nitrogens with one attached hydrogen (secondary N) is 1. The number of carbonyl (C=O) groups excluding carboxylic acids is 2. The maximum absolute atomic E-state index is 12.1. The Morgan fingerprint density at radius 3 is 2.52 bits per heavy atom. The number of hydrogen-bond acceptors (Lipinski definition) is 5. The van der Waals surface area contributed by atoms with Gasteiger partial charge in [-0.25, -0.2) is 4.79 Å². The lowest BCUT2D eigenvalue weighted by atomic mass is 10.2. The summed E-state index contributed by atoms with van der Waals surface area (Å²) < 4.78 is 16.1. The highest BCUT2D eigenvalue weighted by Crippen LogP contribution is 2.31. The molecule has 3 rings (SSSR count). The molecule has 1 atom stereocenters. The quantitative estimate of drug-likeness (QED) is 0.648. The molecule has 0 spiro atoms. The van der Waals surface area contributed by atoms with Gasteiger partial charge in [-0.15, -0.1) is 0 Å². The number of ether oxygens (including phenoxy) is 3. The molecule has 1 aliphatic heterocycles. The second kappa shape index (κ2) is 8.40. The molecule has 6 nitrogen and oxygen atoms in total. The molecule has 1 heterocycles. The second-order valence-electron chi connectivity index (χ2n) is 6.17. The fraction of sp³-hybridized carbons (Fsp3) is 0.238. The third-order valence-corrected chi connectivity index (χ3v) is 3.96. The molecule has 0 aliphatic carbocycles. The van der Waals surface area contributed by atoms with Crippen LogP contribution in [0.15, 0.2) is 48.5 Å². The van der Waals surface area contributed by atoms with Gasteiger partial charge in [0.15, 0.2) is 17.6 Å². The minimum atomic E-state index is -0.913. The highest BCUT2D eigenvalue weighted by atomic mass is 16.6. The number of carbonyl (C=O) groups is 2. The number of benzene rings is 2. The average molecular weight is 367 g/mol. The molecule has 140 valence electrons. The molecular formula is C21H21NO5. The van der Waals surface area contributed by atoms with E-state index in [1.165, 1.54) is 13.0 Å². The normalized spacial score (nSPS) is 13.9. The summed E-state index contributed by atoms with van der Waals surface area (Å²) in [6.45, 7) is 4.51. The number of aryl methyl sites for hydroxylation is 1. The van der Waals surface area contributed by atoms with Gasteiger partial charge in [-0.3, -0.25) is 4.79 Å². The van der Waals surface area contributed by atoms with Crippen molar-refractivity contribution >= 4 is 23.6 Å². The smallest absolute Gasteiger partial charge is 0.331 e. The number of esters is 1. The van der Waals surface area contributed by atoms with Crippen LogP contribution in [0.2, 0.25) is 0 Å². The number of anilines is 1. The van der Waals surface area contributed by atoms with Gasteiger partial charge in [0.25, 0.3) is 5.91 Å². The van der Waals surface area contributed by atoms with Crippen LogP contribution in [0.25, 0.3) is 6.08 Å². The van der Waals surface area contributed by atoms with Gasteiger partial charge in [0.05, 0.1) is 0 Å². The van der Waals surface area contributed by atoms with E-state index in [9.17, 15) is 9.59 Å². The van der Waals surface area contributed by atoms with Gasteiger partial charge in [-0.1, -0.05) is 23.8 Å². The molecule has 0 saturated carbocycles. The minimum absolute atomic E-state index is 0.389. The fourth-order valence-electron chi connectivity index (χ4n) is 2.48. The molecule has 0 saturated heterocycles. The van der Waals surface area contributed by atoms with E-state index in [1.807, 2.05) is 25.1 Å². The van der Waals surface area contributed by atoms with E-state index in [2.05, 4.69) is 5.32 Å². The predicted molar refractivity (Wildman–Crippen MR) is 102 cm³/mol. The SMILES string of the molecule is Cc1ccc(NC(=O)C(C)OC(=O)C=Cc2ccc3c(c2)OCCO3)cc1. The Hall–Kier alpha value is -3.28. The zero-order valence-electron chi connectivity index (χ0n) is 15.2. The molecule has 1 N–H and O–H groups in total. The highest BCUT2D eigenvalue weighted by molar-refractivity contribution is 5.96. The molecule has 0 radical (unpaired) electrons. The second-order valence-corrected chi connectivity index (χ2v) is 6.17. The third-order valence-electron chi connectivity index (χ3n) is 3.96. The van der Waals surface area contributed by atoms with Gasteiger partial charge in [-0.2, -0.15) is 0 Å². The van der Waals surface area contributed by atoms with Crippen molar-refractivity contribution < 1.29 is 23.8 Å². The van der Waals surface area contributed by atoms with Crippen LogP contribution >= 0.6 is 0 Å². The first-order valence-corrected chi connectivity index (χ1v) is 8.67. The zero-order valence-corrected chi connectivity index (χ0v) is 15.2. The molecule has 1 aliphatic rings. The van der Waals surface area contributed by atoms with Crippen LogP contribution in [-0.2, 0) is 14.3 Å². The number of amides is 1. The van der Waals surface area contributed by atoms with E-state index in [0.29, 0.717) is 30.4 Å². The van der Waals surface area contributed by atoms with Crippen molar-refractivity contribution in [3.8, 4) is 11.5 Å². The van der Waals surface area contributed by atoms with E-state index in [-0.39, 0.29) is 5.91 Å². The van der Waals surface area contributed by atoms with Crippen molar-refractivity contribution in [2.45, 2.75) is 20.0 Å². The van der Waals surface area contributed by atoms with Crippen LogP contribution in [0.4, 0.5) is 5.69 Å². The summed E-state index contributed by atoms with van der Waals surface area (Å²) in [6, 6.07) is 12.8. The fourth-order valence-corrected chi connectivity index (χ4v) is 2.48. The summed E-state index contributed by atoms with van der Waals surface area (Å²) in [6.07, 6.45) is 1.97. The van der Waals surface area contributed by atoms with Crippen LogP contribution in [0.5, 0.6) is 11.5 Å². The van der Waals surface area contributed by atoms with E-state index in [4.69, 9.17) is 14.2 Å². The van der Waals surface area contributed by atoms with Gasteiger partial charge in [0, 0.05) is 11.8 Å². The summed E-state index contributed by atoms with van der Waals surface area (Å²) in [7, 11) is 0. The molecule has 2 aromatic rings. The van der Waals surface area contributed by atoms with Crippen molar-refractivity contribution in [1.82, 2.24) is 0 Å². The molecule has 2 aromatic carbocycles. The minimum Gasteiger partial charge on any atom is -0.486 e. The molecule has 1 amide bonds. The summed E-state index contributed by atoms with van der Waals surface area (Å²) in [5.41, 5.74) is 2.52. The molecule has 27 heavy (non-hydrogen) atoms. The van der Waals surface area contributed by atoms with E-state index in [0.717, 1.165) is 11.1 Å². The molecule has 0 aromatic heterocycles. The van der Waals surface area contributed by atoms with Crippen molar-refractivity contribution in [3.05, 3.63) is 59.7 Å². The molecule has 0 fully saturated rings. The van der Waals surface area contributed by atoms with Crippen LogP contribution in [0.1, 0.15) is 18.1 Å². The summed E-state index contributed by atoms with van der Waals surface area (Å²) in [5, 5.41) is 2.71. The lowest BCUT2D eigenvalue weighted by Gasteiger charge is -2.18. The molecular weight excluding hydrogens is 346 g/mol. The van der Waals surface area contributed by atoms with E-state index in [1.54, 1.807) is 30.3 Å². The Balaban J connectivity index is 1.54. The Morgan fingerprint density at radius 1 is 1.07 bits per heavy atom. The lowest BCUT2D eigenvalue weighted by Crippen LogP contribution is -2.29. The maximum Gasteiger partial charge on any atom is 0.331 e.